The van der Waals surface area contributed by atoms with Gasteiger partial charge in [0.2, 0.25) is 5.91 Å². The maximum absolute atomic E-state index is 13.0. The first kappa shape index (κ1) is 30.4. The van der Waals surface area contributed by atoms with Gasteiger partial charge in [-0.3, -0.25) is 24.3 Å². The number of nitrogens with one attached hydrogen (secondary N) is 3. The minimum atomic E-state index is -1.32. The normalized spacial score (nSPS) is 23.5. The van der Waals surface area contributed by atoms with Crippen LogP contribution in [0.5, 0.6) is 0 Å². The molecule has 0 spiro atoms. The van der Waals surface area contributed by atoms with Gasteiger partial charge in [-0.25, -0.2) is 24.7 Å². The van der Waals surface area contributed by atoms with Gasteiger partial charge in [0, 0.05) is 29.0 Å². The molecule has 45 heavy (non-hydrogen) atoms. The summed E-state index contributed by atoms with van der Waals surface area (Å²) in [6.07, 6.45) is -0.119. The van der Waals surface area contributed by atoms with Gasteiger partial charge in [0.05, 0.1) is 25.0 Å². The minimum absolute atomic E-state index is 0.119. The van der Waals surface area contributed by atoms with Crippen LogP contribution in [-0.4, -0.2) is 92.1 Å². The zero-order chi connectivity index (χ0) is 32.0. The number of thioether (sulfide) groups is 1. The first-order valence-electron chi connectivity index (χ1n) is 13.9. The van der Waals surface area contributed by atoms with Gasteiger partial charge in [-0.15, -0.1) is 11.8 Å². The molecule has 6 rings (SSSR count). The number of carboxylic acid groups (broad SMARTS) is 1. The number of ether oxygens (including phenoxy) is 1. The summed E-state index contributed by atoms with van der Waals surface area (Å²) in [4.78, 5) is 76.9. The van der Waals surface area contributed by atoms with Crippen molar-refractivity contribution in [3.8, 4) is 0 Å². The lowest BCUT2D eigenvalue weighted by Gasteiger charge is -2.49. The van der Waals surface area contributed by atoms with Crippen molar-refractivity contribution >= 4 is 64.9 Å². The number of fused-ring (bicyclic) bond motifs is 2. The number of anilines is 1. The number of esters is 1. The van der Waals surface area contributed by atoms with Gasteiger partial charge in [0.1, 0.15) is 23.7 Å². The molecule has 3 saturated heterocycles. The van der Waals surface area contributed by atoms with Crippen LogP contribution < -0.4 is 16.1 Å². The van der Waals surface area contributed by atoms with Crippen LogP contribution in [-0.2, 0) is 30.3 Å². The Morgan fingerprint density at radius 2 is 1.91 bits per heavy atom. The fourth-order valence-corrected chi connectivity index (χ4v) is 7.28. The molecule has 3 fully saturated rings. The molecule has 4 aliphatic heterocycles. The van der Waals surface area contributed by atoms with E-state index in [2.05, 4.69) is 16.1 Å². The Kier molecular flexibility index (Phi) is 8.16. The number of hydrogen-bond donors (Lipinski definition) is 4. The second-order valence-electron chi connectivity index (χ2n) is 10.8. The largest absolute Gasteiger partial charge is 0.477 e. The summed E-state index contributed by atoms with van der Waals surface area (Å²) in [5.74, 6) is -2.73. The third kappa shape index (κ3) is 5.69. The fourth-order valence-electron chi connectivity index (χ4n) is 5.69. The van der Waals surface area contributed by atoms with Gasteiger partial charge in [0.15, 0.2) is 0 Å². The van der Waals surface area contributed by atoms with E-state index >= 15 is 0 Å². The highest BCUT2D eigenvalue weighted by Crippen LogP contribution is 2.41. The molecule has 2 aromatic rings. The van der Waals surface area contributed by atoms with Gasteiger partial charge in [-0.1, -0.05) is 41.9 Å². The van der Waals surface area contributed by atoms with E-state index in [0.29, 0.717) is 21.8 Å². The van der Waals surface area contributed by atoms with E-state index in [4.69, 9.17) is 16.3 Å². The molecule has 4 heterocycles. The summed E-state index contributed by atoms with van der Waals surface area (Å²) < 4.78 is 4.93. The zero-order valence-electron chi connectivity index (χ0n) is 23.7. The maximum Gasteiger partial charge on any atom is 0.352 e. The van der Waals surface area contributed by atoms with Crippen molar-refractivity contribution in [3.05, 3.63) is 76.0 Å². The Hall–Kier alpha value is -4.60. The number of rotatable bonds is 8. The second-order valence-corrected chi connectivity index (χ2v) is 12.3. The van der Waals surface area contributed by atoms with E-state index < -0.39 is 47.2 Å². The Bertz CT molecular complexity index is 1670. The topological polar surface area (TPSA) is 178 Å². The fraction of sp³-hybridized carbons (Fsp3) is 0.310. The quantitative estimate of drug-likeness (QED) is 0.243. The first-order chi connectivity index (χ1) is 21.5. The standard InChI is InChI=1S/C29H27ClN6O8S/c1-14(37)44-12-16-13-45-26-23(25(39)35(26)24(16)27(40)41)32-21(38)10-15-5-4-6-17(9-15)31-28(42)34-11-20-22(33-36(20)29(34)43)18-7-2-3-8-19(18)30/h2-9,20,22-23,26,33H,10-13H2,1H3,(H,31,42)(H,32,38)(H,40,41)/t20?,22?,23?,26-/m0/s1. The van der Waals surface area contributed by atoms with Crippen LogP contribution in [0.15, 0.2) is 59.8 Å². The van der Waals surface area contributed by atoms with E-state index in [-0.39, 0.29) is 43.1 Å². The van der Waals surface area contributed by atoms with Crippen LogP contribution >= 0.6 is 23.4 Å². The summed E-state index contributed by atoms with van der Waals surface area (Å²) in [7, 11) is 0. The van der Waals surface area contributed by atoms with Crippen LogP contribution in [0.25, 0.3) is 0 Å². The molecule has 4 N–H and O–H groups in total. The first-order valence-corrected chi connectivity index (χ1v) is 15.3. The lowest BCUT2D eigenvalue weighted by Crippen LogP contribution is -2.70. The third-order valence-electron chi connectivity index (χ3n) is 7.85. The van der Waals surface area contributed by atoms with Crippen LogP contribution in [0.3, 0.4) is 0 Å². The highest BCUT2D eigenvalue weighted by Gasteiger charge is 2.55. The number of carboxylic acids is 1. The Balaban J connectivity index is 1.04. The van der Waals surface area contributed by atoms with Crippen molar-refractivity contribution in [1.82, 2.24) is 25.6 Å². The summed E-state index contributed by atoms with van der Waals surface area (Å²) in [5, 5.41) is 16.4. The molecule has 0 aliphatic carbocycles. The Morgan fingerprint density at radius 3 is 2.64 bits per heavy atom. The van der Waals surface area contributed by atoms with E-state index in [1.54, 1.807) is 30.3 Å². The molecule has 2 aromatic carbocycles. The molecule has 14 nitrogen and oxygen atoms in total. The number of carbonyl (C=O) groups is 6. The number of imide groups is 1. The maximum atomic E-state index is 13.0. The number of carbonyl (C=O) groups excluding carboxylic acids is 5. The lowest BCUT2D eigenvalue weighted by atomic mass is 9.96. The molecule has 16 heteroatoms. The highest BCUT2D eigenvalue weighted by molar-refractivity contribution is 8.00. The van der Waals surface area contributed by atoms with Crippen molar-refractivity contribution in [1.29, 1.82) is 0 Å². The third-order valence-corrected chi connectivity index (χ3v) is 9.53. The monoisotopic (exact) mass is 654 g/mol. The average molecular weight is 655 g/mol. The molecule has 0 radical (unpaired) electrons. The zero-order valence-corrected chi connectivity index (χ0v) is 25.3. The van der Waals surface area contributed by atoms with Crippen molar-refractivity contribution in [2.24, 2.45) is 0 Å². The van der Waals surface area contributed by atoms with Crippen LogP contribution in [0.2, 0.25) is 5.02 Å². The van der Waals surface area contributed by atoms with E-state index in [0.717, 1.165) is 15.4 Å². The molecule has 6 amide bonds. The predicted molar refractivity (Wildman–Crippen MR) is 161 cm³/mol. The number of amides is 6. The molecule has 3 unspecified atom stereocenters. The van der Waals surface area contributed by atoms with Crippen LogP contribution in [0, 0.1) is 0 Å². The predicted octanol–water partition coefficient (Wildman–Crippen LogP) is 2.08. The molecule has 4 atom stereocenters. The molecule has 0 saturated carbocycles. The van der Waals surface area contributed by atoms with Crippen LogP contribution in [0.4, 0.5) is 15.3 Å². The summed E-state index contributed by atoms with van der Waals surface area (Å²) in [5.41, 5.74) is 4.85. The molecular formula is C29H27ClN6O8S. The number of aliphatic carboxylic acids is 1. The van der Waals surface area contributed by atoms with Gasteiger partial charge >= 0.3 is 24.0 Å². The highest BCUT2D eigenvalue weighted by atomic mass is 35.5. The van der Waals surface area contributed by atoms with Gasteiger partial charge in [-0.05, 0) is 29.3 Å². The average Bonchev–Trinajstić information content (AvgIpc) is 3.24. The van der Waals surface area contributed by atoms with Crippen LogP contribution in [0.1, 0.15) is 24.1 Å². The summed E-state index contributed by atoms with van der Waals surface area (Å²) in [6.45, 7) is 1.12. The van der Waals surface area contributed by atoms with E-state index in [1.165, 1.54) is 23.7 Å². The second kappa shape index (κ2) is 12.1. The van der Waals surface area contributed by atoms with Crippen molar-refractivity contribution in [3.63, 3.8) is 0 Å². The summed E-state index contributed by atoms with van der Waals surface area (Å²) >= 11 is 7.58. The minimum Gasteiger partial charge on any atom is -0.477 e. The smallest absolute Gasteiger partial charge is 0.352 e. The number of β-lactam (4-membered cyclic amide) rings is 1. The molecule has 0 aromatic heterocycles. The number of hydrogen-bond acceptors (Lipinski definition) is 9. The van der Waals surface area contributed by atoms with Crippen molar-refractivity contribution in [2.45, 2.75) is 36.8 Å². The lowest BCUT2D eigenvalue weighted by molar-refractivity contribution is -0.151. The number of halogens is 1. The molecule has 0 bridgehead atoms. The van der Waals surface area contributed by atoms with Gasteiger partial charge < -0.3 is 20.5 Å². The SMILES string of the molecule is CC(=O)OCC1=C(C(=O)O)N2C(=O)C(NC(=O)Cc3cccc(NC(=O)N4CC5C(c6ccccc6Cl)NN5C4=O)c3)[C@@H]2SC1. The molecular weight excluding hydrogens is 628 g/mol. The Morgan fingerprint density at radius 1 is 1.13 bits per heavy atom. The van der Waals surface area contributed by atoms with Gasteiger partial charge in [-0.2, -0.15) is 0 Å². The molecule has 234 valence electrons. The van der Waals surface area contributed by atoms with Crippen molar-refractivity contribution in [2.75, 3.05) is 24.2 Å². The van der Waals surface area contributed by atoms with E-state index in [9.17, 15) is 33.9 Å². The van der Waals surface area contributed by atoms with E-state index in [1.807, 2.05) is 18.2 Å². The number of benzene rings is 2. The number of hydrazine groups is 1. The summed E-state index contributed by atoms with van der Waals surface area (Å²) in [6, 6.07) is 11.3. The number of urea groups is 2. The molecule has 4 aliphatic rings. The van der Waals surface area contributed by atoms with Gasteiger partial charge in [0.25, 0.3) is 5.91 Å². The van der Waals surface area contributed by atoms with Crippen molar-refractivity contribution < 1.29 is 38.6 Å². The Labute approximate surface area is 265 Å². The number of nitrogens with zero attached hydrogens (tertiary/aromatic N) is 3.